The molecule has 1 heterocycles. The Morgan fingerprint density at radius 1 is 1.16 bits per heavy atom. The number of carbonyl (C=O) groups excluding carboxylic acids is 1. The molecule has 1 saturated heterocycles. The average molecular weight is 346 g/mol. The number of ketones is 1. The fourth-order valence-corrected chi connectivity index (χ4v) is 7.51. The van der Waals surface area contributed by atoms with Crippen LogP contribution in [0.2, 0.25) is 0 Å². The molecule has 6 atom stereocenters. The number of aliphatic carboxylic acids is 1. The number of fused-ring (bicyclic) bond motifs is 5. The average Bonchev–Trinajstić information content (AvgIpc) is 2.86. The first-order valence-corrected chi connectivity index (χ1v) is 9.91. The van der Waals surface area contributed by atoms with Crippen LogP contribution in [0.1, 0.15) is 52.4 Å². The number of carboxylic acid groups (broad SMARTS) is 1. The van der Waals surface area contributed by atoms with E-state index in [0.717, 1.165) is 43.1 Å². The number of likely N-dealkylation sites (tertiary alicyclic amines) is 1. The number of rotatable bonds is 1. The molecule has 4 heteroatoms. The van der Waals surface area contributed by atoms with Gasteiger partial charge >= 0.3 is 5.97 Å². The van der Waals surface area contributed by atoms with E-state index >= 15 is 0 Å². The van der Waals surface area contributed by atoms with Crippen molar-refractivity contribution in [2.45, 2.75) is 52.4 Å². The van der Waals surface area contributed by atoms with Gasteiger partial charge in [0.05, 0.1) is 26.6 Å². The number of carboxylic acids is 1. The van der Waals surface area contributed by atoms with Crippen molar-refractivity contribution in [3.63, 3.8) is 0 Å². The van der Waals surface area contributed by atoms with Gasteiger partial charge in [-0.15, -0.1) is 0 Å². The van der Waals surface area contributed by atoms with Gasteiger partial charge in [0, 0.05) is 23.8 Å². The zero-order valence-corrected chi connectivity index (χ0v) is 16.0. The molecule has 4 nitrogen and oxygen atoms in total. The van der Waals surface area contributed by atoms with Gasteiger partial charge < -0.3 is 5.11 Å². The number of nitrogens with zero attached hydrogens (tertiary/aromatic N) is 1. The predicted octanol–water partition coefficient (Wildman–Crippen LogP) is 3.47. The van der Waals surface area contributed by atoms with Crippen molar-refractivity contribution < 1.29 is 19.2 Å². The fraction of sp³-hybridized carbons (Fsp3) is 0.810. The highest BCUT2D eigenvalue weighted by Gasteiger charge is 2.64. The van der Waals surface area contributed by atoms with E-state index in [9.17, 15) is 14.7 Å². The lowest BCUT2D eigenvalue weighted by Gasteiger charge is -2.60. The van der Waals surface area contributed by atoms with Gasteiger partial charge in [0.1, 0.15) is 5.70 Å². The lowest BCUT2D eigenvalue weighted by atomic mass is 9.49. The van der Waals surface area contributed by atoms with Crippen LogP contribution in [0.15, 0.2) is 11.8 Å². The van der Waals surface area contributed by atoms with Crippen molar-refractivity contribution in [3.8, 4) is 0 Å². The third-order valence-corrected chi connectivity index (χ3v) is 8.65. The zero-order valence-electron chi connectivity index (χ0n) is 16.0. The SMILES string of the molecule is C[C@]12CC[C@H]3[C@@H](C[N+](C)(C)C4=CC(=O)CC[C@@]43C)[C@@H]1CC[C@@H]2C(=O)O. The second kappa shape index (κ2) is 5.18. The second-order valence-electron chi connectivity index (χ2n) is 10.2. The van der Waals surface area contributed by atoms with Crippen molar-refractivity contribution in [2.24, 2.45) is 34.5 Å². The highest BCUT2D eigenvalue weighted by Crippen LogP contribution is 2.66. The molecule has 1 N–H and O–H groups in total. The highest BCUT2D eigenvalue weighted by molar-refractivity contribution is 5.91. The van der Waals surface area contributed by atoms with Crippen LogP contribution in [0.5, 0.6) is 0 Å². The minimum atomic E-state index is -0.594. The molecule has 25 heavy (non-hydrogen) atoms. The zero-order chi connectivity index (χ0) is 18.2. The summed E-state index contributed by atoms with van der Waals surface area (Å²) in [5.41, 5.74) is 1.37. The van der Waals surface area contributed by atoms with Crippen LogP contribution in [0.25, 0.3) is 0 Å². The van der Waals surface area contributed by atoms with Gasteiger partial charge in [-0.2, -0.15) is 0 Å². The van der Waals surface area contributed by atoms with E-state index in [4.69, 9.17) is 0 Å². The van der Waals surface area contributed by atoms with E-state index in [-0.39, 0.29) is 22.5 Å². The Balaban J connectivity index is 1.75. The van der Waals surface area contributed by atoms with Crippen LogP contribution in [0.3, 0.4) is 0 Å². The number of hydrogen-bond donors (Lipinski definition) is 1. The van der Waals surface area contributed by atoms with Crippen LogP contribution in [0.4, 0.5) is 0 Å². The summed E-state index contributed by atoms with van der Waals surface area (Å²) in [5, 5.41) is 9.73. The van der Waals surface area contributed by atoms with E-state index in [0.29, 0.717) is 24.2 Å². The number of hydrogen-bond acceptors (Lipinski definition) is 2. The lowest BCUT2D eigenvalue weighted by molar-refractivity contribution is -0.871. The molecule has 0 unspecified atom stereocenters. The van der Waals surface area contributed by atoms with Gasteiger partial charge in [0.25, 0.3) is 0 Å². The molecule has 3 fully saturated rings. The topological polar surface area (TPSA) is 54.4 Å². The van der Waals surface area contributed by atoms with E-state index in [1.807, 2.05) is 6.08 Å². The first kappa shape index (κ1) is 17.3. The van der Waals surface area contributed by atoms with Crippen LogP contribution in [0, 0.1) is 34.5 Å². The second-order valence-corrected chi connectivity index (χ2v) is 10.2. The molecule has 0 radical (unpaired) electrons. The maximum atomic E-state index is 12.1. The van der Waals surface area contributed by atoms with Crippen molar-refractivity contribution in [1.82, 2.24) is 0 Å². The molecular weight excluding hydrogens is 314 g/mol. The first-order valence-electron chi connectivity index (χ1n) is 9.91. The van der Waals surface area contributed by atoms with Crippen molar-refractivity contribution >= 4 is 11.8 Å². The molecule has 1 aliphatic heterocycles. The Kier molecular flexibility index (Phi) is 3.58. The minimum absolute atomic E-state index is 0.0466. The number of allylic oxidation sites excluding steroid dienone is 2. The summed E-state index contributed by atoms with van der Waals surface area (Å²) in [6.07, 6.45) is 7.62. The fourth-order valence-electron chi connectivity index (χ4n) is 7.51. The van der Waals surface area contributed by atoms with E-state index < -0.39 is 5.97 Å². The maximum Gasteiger partial charge on any atom is 0.307 e. The lowest BCUT2D eigenvalue weighted by Crippen LogP contribution is -2.62. The molecule has 4 rings (SSSR count). The number of piperidine rings is 1. The van der Waals surface area contributed by atoms with E-state index in [2.05, 4.69) is 27.9 Å². The van der Waals surface area contributed by atoms with Crippen LogP contribution in [-0.2, 0) is 9.59 Å². The van der Waals surface area contributed by atoms with Crippen LogP contribution >= 0.6 is 0 Å². The molecule has 0 amide bonds. The smallest absolute Gasteiger partial charge is 0.307 e. The molecule has 0 spiro atoms. The molecule has 4 aliphatic rings. The highest BCUT2D eigenvalue weighted by atomic mass is 16.4. The van der Waals surface area contributed by atoms with Crippen molar-refractivity contribution in [2.75, 3.05) is 20.6 Å². The largest absolute Gasteiger partial charge is 0.481 e. The number of carbonyl (C=O) groups is 2. The Hall–Kier alpha value is -1.16. The predicted molar refractivity (Wildman–Crippen MR) is 95.6 cm³/mol. The summed E-state index contributed by atoms with van der Waals surface area (Å²) in [6, 6.07) is 0. The summed E-state index contributed by atoms with van der Waals surface area (Å²) in [4.78, 5) is 23.9. The van der Waals surface area contributed by atoms with Crippen LogP contribution in [-0.4, -0.2) is 42.0 Å². The van der Waals surface area contributed by atoms with E-state index in [1.54, 1.807) is 0 Å². The molecule has 0 bridgehead atoms. The van der Waals surface area contributed by atoms with Gasteiger partial charge in [-0.25, -0.2) is 0 Å². The monoisotopic (exact) mass is 346 g/mol. The third-order valence-electron chi connectivity index (χ3n) is 8.65. The van der Waals surface area contributed by atoms with Gasteiger partial charge in [0.2, 0.25) is 0 Å². The molecular formula is C21H32NO3+. The van der Waals surface area contributed by atoms with Crippen molar-refractivity contribution in [3.05, 3.63) is 11.8 Å². The summed E-state index contributed by atoms with van der Waals surface area (Å²) in [5.74, 6) is 1.21. The molecule has 0 aromatic heterocycles. The summed E-state index contributed by atoms with van der Waals surface area (Å²) in [7, 11) is 4.49. The Labute approximate surface area is 150 Å². The maximum absolute atomic E-state index is 12.1. The summed E-state index contributed by atoms with van der Waals surface area (Å²) >= 11 is 0. The Bertz CT molecular complexity index is 666. The molecule has 0 aromatic carbocycles. The van der Waals surface area contributed by atoms with Gasteiger partial charge in [0.15, 0.2) is 5.78 Å². The Morgan fingerprint density at radius 2 is 1.88 bits per heavy atom. The molecule has 3 aliphatic carbocycles. The van der Waals surface area contributed by atoms with Gasteiger partial charge in [-0.05, 0) is 49.4 Å². The third kappa shape index (κ3) is 2.22. The van der Waals surface area contributed by atoms with Crippen molar-refractivity contribution in [1.29, 1.82) is 0 Å². The molecule has 138 valence electrons. The summed E-state index contributed by atoms with van der Waals surface area (Å²) < 4.78 is 0.799. The molecule has 0 aromatic rings. The Morgan fingerprint density at radius 3 is 2.56 bits per heavy atom. The normalized spacial score (nSPS) is 48.2. The molecule has 2 saturated carbocycles. The van der Waals surface area contributed by atoms with Gasteiger partial charge in [-0.3, -0.25) is 14.1 Å². The standard InChI is InChI=1S/C21H31NO3/c1-20-10-8-16-14(15(20)5-6-17(20)19(24)25)12-22(3,4)18-11-13(23)7-9-21(16,18)2/h11,14-17H,5-10,12H2,1-4H3/p+1/t14-,15-,16-,17+,20-,21+/m0/s1. The van der Waals surface area contributed by atoms with Gasteiger partial charge in [-0.1, -0.05) is 13.8 Å². The van der Waals surface area contributed by atoms with E-state index in [1.165, 1.54) is 5.70 Å². The number of quaternary nitrogens is 1. The minimum Gasteiger partial charge on any atom is -0.481 e. The quantitative estimate of drug-likeness (QED) is 0.740. The van der Waals surface area contributed by atoms with Crippen LogP contribution < -0.4 is 0 Å². The summed E-state index contributed by atoms with van der Waals surface area (Å²) in [6.45, 7) is 5.68. The first-order chi connectivity index (χ1) is 11.6.